The molecule has 6 N–H and O–H groups in total. The van der Waals surface area contributed by atoms with E-state index in [0.29, 0.717) is 0 Å². The van der Waals surface area contributed by atoms with E-state index in [1.165, 1.54) is 24.3 Å². The number of halogens is 1. The molecule has 45 heavy (non-hydrogen) atoms. The van der Waals surface area contributed by atoms with Gasteiger partial charge in [-0.05, 0) is 24.3 Å². The van der Waals surface area contributed by atoms with Gasteiger partial charge in [-0.15, -0.1) is 0 Å². The van der Waals surface area contributed by atoms with Crippen molar-refractivity contribution < 1.29 is 75.2 Å². The first-order valence-corrected chi connectivity index (χ1v) is 13.7. The maximum absolute atomic E-state index is 13.3. The summed E-state index contributed by atoms with van der Waals surface area (Å²) in [7, 11) is 0. The fourth-order valence-corrected chi connectivity index (χ4v) is 6.67. The summed E-state index contributed by atoms with van der Waals surface area (Å²) in [5.41, 5.74) is 2.28. The number of hydrogen-bond donors (Lipinski definition) is 5. The summed E-state index contributed by atoms with van der Waals surface area (Å²) in [4.78, 5) is 54.1. The molecule has 1 saturated carbocycles. The van der Waals surface area contributed by atoms with E-state index in [4.69, 9.17) is 34.2 Å². The van der Waals surface area contributed by atoms with Gasteiger partial charge in [0.25, 0.3) is 0 Å². The summed E-state index contributed by atoms with van der Waals surface area (Å²) in [6.07, 6.45) is -8.30. The van der Waals surface area contributed by atoms with Crippen molar-refractivity contribution in [3.8, 4) is 0 Å². The van der Waals surface area contributed by atoms with Crippen molar-refractivity contribution >= 4 is 29.8 Å². The van der Waals surface area contributed by atoms with Crippen LogP contribution in [0.25, 0.3) is 0 Å². The van der Waals surface area contributed by atoms with Crippen molar-refractivity contribution in [2.45, 2.75) is 61.6 Å². The van der Waals surface area contributed by atoms with E-state index in [1.807, 2.05) is 0 Å². The molecule has 1 aliphatic carbocycles. The zero-order chi connectivity index (χ0) is 31.4. The van der Waals surface area contributed by atoms with Gasteiger partial charge in [-0.1, -0.05) is 36.4 Å². The van der Waals surface area contributed by atoms with Gasteiger partial charge in [0.05, 0.1) is 17.0 Å². The van der Waals surface area contributed by atoms with E-state index < -0.39 is 84.2 Å². The average Bonchev–Trinajstić information content (AvgIpc) is 2.98. The van der Waals surface area contributed by atoms with Gasteiger partial charge in [0.15, 0.2) is 30.1 Å². The van der Waals surface area contributed by atoms with Crippen molar-refractivity contribution in [1.82, 2.24) is 5.32 Å². The first-order valence-electron chi connectivity index (χ1n) is 13.7. The summed E-state index contributed by atoms with van der Waals surface area (Å²) in [5, 5.41) is 26.1. The number of rotatable bonds is 7. The lowest BCUT2D eigenvalue weighted by Crippen LogP contribution is -3.04. The van der Waals surface area contributed by atoms with Crippen LogP contribution in [0.15, 0.2) is 60.7 Å². The number of hydrogen-bond acceptors (Lipinski definition) is 14. The van der Waals surface area contributed by atoms with Gasteiger partial charge in [0.1, 0.15) is 12.7 Å². The standard InChI is InChI=1S/C29H29N3O12.ClH/c1-14(33)40-21-20-27(41-15(2)34,13-39-23(36)16-9-5-3-6-10-16)19-18-22(35)31-26(30)32-28(18,21)25(38)29(42-19,43-20)44-24(37)17-11-7-4-8-12-17;/h3-12,18-22,25,35,38H,13H2,1-2H3,(H3,30,31,32);1H/t18-,19-,20+,21-,22-,25+,27+,28-,29+;/m1./s1. The molecular formula is C29H30ClN3O12. The maximum atomic E-state index is 13.3. The number of nitrogens with two attached hydrogens (primary N) is 1. The highest BCUT2D eigenvalue weighted by molar-refractivity contribution is 5.90. The Hall–Kier alpha value is -4.28. The van der Waals surface area contributed by atoms with Crippen molar-refractivity contribution in [3.63, 3.8) is 0 Å². The second kappa shape index (κ2) is 11.6. The Kier molecular flexibility index (Phi) is 8.26. The molecule has 0 amide bonds. The molecule has 4 fully saturated rings. The summed E-state index contributed by atoms with van der Waals surface area (Å²) >= 11 is 0. The van der Waals surface area contributed by atoms with E-state index >= 15 is 0 Å². The molecule has 4 bridgehead atoms. The topological polar surface area (TPSA) is 216 Å². The summed E-state index contributed by atoms with van der Waals surface area (Å²) < 4.78 is 35.2. The Morgan fingerprint density at radius 3 is 2.04 bits per heavy atom. The Bertz CT molecular complexity index is 1530. The van der Waals surface area contributed by atoms with E-state index in [9.17, 15) is 29.4 Å². The minimum atomic E-state index is -2.59. The molecule has 7 rings (SSSR count). The molecule has 9 atom stereocenters. The fraction of sp³-hybridized carbons (Fsp3) is 0.414. The Labute approximate surface area is 262 Å². The highest BCUT2D eigenvalue weighted by Crippen LogP contribution is 2.60. The third kappa shape index (κ3) is 4.96. The molecule has 0 aromatic heterocycles. The number of carbonyl (C=O) groups excluding carboxylic acids is 4. The average molecular weight is 648 g/mol. The minimum Gasteiger partial charge on any atom is -1.00 e. The molecule has 3 saturated heterocycles. The highest BCUT2D eigenvalue weighted by Gasteiger charge is 2.88. The molecular weight excluding hydrogens is 618 g/mol. The molecule has 5 aliphatic rings. The lowest BCUT2D eigenvalue weighted by molar-refractivity contribution is -0.619. The van der Waals surface area contributed by atoms with E-state index in [2.05, 4.69) is 10.3 Å². The third-order valence-corrected chi connectivity index (χ3v) is 8.26. The number of guanidine groups is 1. The van der Waals surface area contributed by atoms with Gasteiger partial charge in [-0.2, -0.15) is 0 Å². The van der Waals surface area contributed by atoms with Crippen molar-refractivity contribution in [3.05, 3.63) is 71.8 Å². The molecule has 2 aromatic rings. The molecule has 0 unspecified atom stereocenters. The van der Waals surface area contributed by atoms with Crippen LogP contribution in [0.5, 0.6) is 0 Å². The Morgan fingerprint density at radius 2 is 1.47 bits per heavy atom. The second-order valence-electron chi connectivity index (χ2n) is 10.9. The Balaban J connectivity index is 0.00000400. The summed E-state index contributed by atoms with van der Waals surface area (Å²) in [6.45, 7) is 1.46. The largest absolute Gasteiger partial charge is 1.00 e. The molecule has 240 valence electrons. The van der Waals surface area contributed by atoms with E-state index in [0.717, 1.165) is 13.8 Å². The molecule has 15 nitrogen and oxygen atoms in total. The van der Waals surface area contributed by atoms with Crippen molar-refractivity contribution in [2.75, 3.05) is 6.61 Å². The molecule has 16 heteroatoms. The predicted molar refractivity (Wildman–Crippen MR) is 143 cm³/mol. The van der Waals surface area contributed by atoms with Crippen LogP contribution in [-0.4, -0.2) is 94.4 Å². The van der Waals surface area contributed by atoms with Gasteiger partial charge in [-0.25, -0.2) is 9.59 Å². The van der Waals surface area contributed by atoms with Crippen LogP contribution in [-0.2, 0) is 38.0 Å². The van der Waals surface area contributed by atoms with Crippen LogP contribution in [0.2, 0.25) is 0 Å². The molecule has 4 aliphatic heterocycles. The van der Waals surface area contributed by atoms with E-state index in [1.54, 1.807) is 36.4 Å². The maximum Gasteiger partial charge on any atom is 0.362 e. The van der Waals surface area contributed by atoms with Gasteiger partial charge >= 0.3 is 35.8 Å². The fourth-order valence-electron chi connectivity index (χ4n) is 6.67. The third-order valence-electron chi connectivity index (χ3n) is 8.26. The molecule has 2 aromatic carbocycles. The van der Waals surface area contributed by atoms with Crippen LogP contribution in [0.4, 0.5) is 0 Å². The predicted octanol–water partition coefficient (Wildman–Crippen LogP) is -5.56. The molecule has 1 spiro atoms. The monoisotopic (exact) mass is 647 g/mol. The lowest BCUT2D eigenvalue weighted by Gasteiger charge is -2.70. The second-order valence-corrected chi connectivity index (χ2v) is 10.9. The lowest BCUT2D eigenvalue weighted by atomic mass is 9.54. The van der Waals surface area contributed by atoms with Crippen molar-refractivity contribution in [1.29, 1.82) is 0 Å². The summed E-state index contributed by atoms with van der Waals surface area (Å²) in [6, 6.07) is 15.7. The number of carbonyl (C=O) groups is 4. The minimum absolute atomic E-state index is 0. The smallest absolute Gasteiger partial charge is 0.362 e. The van der Waals surface area contributed by atoms with Crippen LogP contribution in [0.1, 0.15) is 34.6 Å². The van der Waals surface area contributed by atoms with Crippen LogP contribution in [0, 0.1) is 5.92 Å². The highest BCUT2D eigenvalue weighted by atomic mass is 35.5. The molecule has 0 radical (unpaired) electrons. The van der Waals surface area contributed by atoms with Gasteiger partial charge in [-0.3, -0.25) is 25.6 Å². The quantitative estimate of drug-likeness (QED) is 0.140. The SMILES string of the molecule is CC(=O)O[C@@H]1[C@@H]2O[C@@]3(OC(=O)c4ccccc4)O[C@H]([C@@H]4[C@@H](O)[NH+]=C(N)N[C@]41[C@@H]3O)[C@]2(COC(=O)c1ccccc1)OC(C)=O.[Cl-]. The molecule has 4 heterocycles. The zero-order valence-corrected chi connectivity index (χ0v) is 24.6. The summed E-state index contributed by atoms with van der Waals surface area (Å²) in [5.74, 6) is -7.61. The number of aliphatic hydroxyl groups is 2. The number of ether oxygens (including phenoxy) is 6. The number of benzene rings is 2. The number of nitrogens with one attached hydrogen (secondary N) is 2. The first kappa shape index (κ1) is 32.1. The van der Waals surface area contributed by atoms with Gasteiger partial charge in [0.2, 0.25) is 5.60 Å². The van der Waals surface area contributed by atoms with Crippen LogP contribution >= 0.6 is 0 Å². The number of esters is 4. The zero-order valence-electron chi connectivity index (χ0n) is 23.9. The Morgan fingerprint density at radius 1 is 0.889 bits per heavy atom. The van der Waals surface area contributed by atoms with Gasteiger partial charge in [0, 0.05) is 13.8 Å². The van der Waals surface area contributed by atoms with Gasteiger partial charge < -0.3 is 51.0 Å². The van der Waals surface area contributed by atoms with Crippen molar-refractivity contribution in [2.24, 2.45) is 11.7 Å². The van der Waals surface area contributed by atoms with Crippen LogP contribution < -0.4 is 28.4 Å². The van der Waals surface area contributed by atoms with Crippen LogP contribution in [0.3, 0.4) is 0 Å². The van der Waals surface area contributed by atoms with E-state index in [-0.39, 0.29) is 29.5 Å². The normalized spacial score (nSPS) is 35.4. The number of aliphatic hydroxyl groups excluding tert-OH is 2. The first-order chi connectivity index (χ1) is 20.9.